The first-order valence-corrected chi connectivity index (χ1v) is 7.54. The third-order valence-corrected chi connectivity index (χ3v) is 3.81. The fourth-order valence-corrected chi connectivity index (χ4v) is 2.77. The molecule has 0 spiro atoms. The molecule has 0 heterocycles. The summed E-state index contributed by atoms with van der Waals surface area (Å²) >= 11 is 0. The normalized spacial score (nSPS) is 21.9. The topological polar surface area (TPSA) is 50.7 Å². The molecule has 0 aliphatic heterocycles. The molecule has 0 aromatic heterocycles. The minimum absolute atomic E-state index is 0.283. The zero-order chi connectivity index (χ0) is 14.2. The van der Waals surface area contributed by atoms with Crippen LogP contribution in [0.15, 0.2) is 24.3 Å². The zero-order valence-corrected chi connectivity index (χ0v) is 12.2. The zero-order valence-electron chi connectivity index (χ0n) is 12.2. The summed E-state index contributed by atoms with van der Waals surface area (Å²) in [4.78, 5) is 0. The molecule has 1 fully saturated rings. The third-order valence-electron chi connectivity index (χ3n) is 3.81. The molecular weight excluding hydrogens is 254 g/mol. The predicted molar refractivity (Wildman–Crippen MR) is 79.3 cm³/mol. The van der Waals surface area contributed by atoms with Gasteiger partial charge in [-0.25, -0.2) is 0 Å². The van der Waals surface area contributed by atoms with Crippen LogP contribution in [0.3, 0.4) is 0 Å². The Morgan fingerprint density at radius 3 is 2.65 bits per heavy atom. The lowest BCUT2D eigenvalue weighted by atomic mass is 10.1. The van der Waals surface area contributed by atoms with Gasteiger partial charge in [0, 0.05) is 19.2 Å². The molecular formula is C16H25NO3. The second-order valence-electron chi connectivity index (χ2n) is 5.16. The van der Waals surface area contributed by atoms with Crippen LogP contribution >= 0.6 is 0 Å². The van der Waals surface area contributed by atoms with Crippen LogP contribution < -0.4 is 14.8 Å². The summed E-state index contributed by atoms with van der Waals surface area (Å²) in [6.07, 6.45) is 3.49. The Labute approximate surface area is 121 Å². The van der Waals surface area contributed by atoms with Crippen molar-refractivity contribution in [1.82, 2.24) is 5.32 Å². The smallest absolute Gasteiger partial charge is 0.161 e. The lowest BCUT2D eigenvalue weighted by molar-refractivity contribution is 0.200. The van der Waals surface area contributed by atoms with Gasteiger partial charge in [-0.3, -0.25) is 0 Å². The van der Waals surface area contributed by atoms with Gasteiger partial charge in [-0.2, -0.15) is 0 Å². The molecule has 20 heavy (non-hydrogen) atoms. The van der Waals surface area contributed by atoms with Crippen molar-refractivity contribution in [3.63, 3.8) is 0 Å². The maximum Gasteiger partial charge on any atom is 0.161 e. The third kappa shape index (κ3) is 4.12. The van der Waals surface area contributed by atoms with E-state index in [9.17, 15) is 5.11 Å². The summed E-state index contributed by atoms with van der Waals surface area (Å²) in [5.74, 6) is 2.00. The average Bonchev–Trinajstić information content (AvgIpc) is 2.93. The van der Waals surface area contributed by atoms with Gasteiger partial charge in [0.15, 0.2) is 11.5 Å². The van der Waals surface area contributed by atoms with Crippen molar-refractivity contribution in [2.75, 3.05) is 26.4 Å². The summed E-state index contributed by atoms with van der Waals surface area (Å²) in [6, 6.07) is 8.18. The van der Waals surface area contributed by atoms with Gasteiger partial charge in [0.25, 0.3) is 0 Å². The minimum Gasteiger partial charge on any atom is -0.490 e. The Balaban J connectivity index is 1.73. The molecule has 0 amide bonds. The predicted octanol–water partition coefficient (Wildman–Crippen LogP) is 2.21. The maximum absolute atomic E-state index is 9.28. The Bertz CT molecular complexity index is 397. The van der Waals surface area contributed by atoms with Gasteiger partial charge in [0.05, 0.1) is 6.61 Å². The maximum atomic E-state index is 9.28. The Kier molecular flexibility index (Phi) is 6.15. The first-order chi connectivity index (χ1) is 9.85. The van der Waals surface area contributed by atoms with Crippen LogP contribution in [0.1, 0.15) is 26.2 Å². The minimum atomic E-state index is 0.283. The molecule has 4 nitrogen and oxygen atoms in total. The van der Waals surface area contributed by atoms with Crippen molar-refractivity contribution in [3.8, 4) is 11.5 Å². The van der Waals surface area contributed by atoms with Gasteiger partial charge in [0.2, 0.25) is 0 Å². The van der Waals surface area contributed by atoms with E-state index in [1.165, 1.54) is 6.42 Å². The van der Waals surface area contributed by atoms with E-state index in [1.807, 2.05) is 31.2 Å². The van der Waals surface area contributed by atoms with Gasteiger partial charge in [0.1, 0.15) is 6.61 Å². The average molecular weight is 279 g/mol. The molecule has 4 heteroatoms. The molecule has 112 valence electrons. The van der Waals surface area contributed by atoms with Gasteiger partial charge in [-0.1, -0.05) is 18.6 Å². The second-order valence-corrected chi connectivity index (χ2v) is 5.16. The lowest BCUT2D eigenvalue weighted by Crippen LogP contribution is -2.36. The van der Waals surface area contributed by atoms with E-state index in [-0.39, 0.29) is 6.61 Å². The van der Waals surface area contributed by atoms with Crippen LogP contribution in [0.2, 0.25) is 0 Å². The number of aliphatic hydroxyl groups excluding tert-OH is 1. The quantitative estimate of drug-likeness (QED) is 0.716. The number of aliphatic hydroxyl groups is 1. The summed E-state index contributed by atoms with van der Waals surface area (Å²) in [6.45, 7) is 4.29. The van der Waals surface area contributed by atoms with Crippen molar-refractivity contribution >= 4 is 0 Å². The first kappa shape index (κ1) is 15.1. The highest BCUT2D eigenvalue weighted by atomic mass is 16.5. The summed E-state index contributed by atoms with van der Waals surface area (Å²) in [7, 11) is 0. The van der Waals surface area contributed by atoms with Crippen molar-refractivity contribution in [2.24, 2.45) is 5.92 Å². The standard InChI is InChI=1S/C16H25NO3/c1-2-19-15-8-3-4-9-16(15)20-11-10-17-14-7-5-6-13(14)12-18/h3-4,8-9,13-14,17-18H,2,5-7,10-12H2,1H3. The van der Waals surface area contributed by atoms with Crippen molar-refractivity contribution in [2.45, 2.75) is 32.2 Å². The number of para-hydroxylation sites is 2. The highest BCUT2D eigenvalue weighted by Gasteiger charge is 2.25. The summed E-state index contributed by atoms with van der Waals surface area (Å²) in [5, 5.41) is 12.8. The van der Waals surface area contributed by atoms with E-state index in [0.717, 1.165) is 30.9 Å². The first-order valence-electron chi connectivity index (χ1n) is 7.54. The molecule has 2 N–H and O–H groups in total. The molecule has 0 saturated heterocycles. The van der Waals surface area contributed by atoms with E-state index in [0.29, 0.717) is 25.2 Å². The van der Waals surface area contributed by atoms with E-state index >= 15 is 0 Å². The molecule has 1 saturated carbocycles. The second kappa shape index (κ2) is 8.12. The molecule has 0 radical (unpaired) electrons. The molecule has 1 aromatic carbocycles. The molecule has 1 aliphatic carbocycles. The number of hydrogen-bond donors (Lipinski definition) is 2. The highest BCUT2D eigenvalue weighted by molar-refractivity contribution is 5.39. The number of nitrogens with one attached hydrogen (secondary N) is 1. The highest BCUT2D eigenvalue weighted by Crippen LogP contribution is 2.27. The monoisotopic (exact) mass is 279 g/mol. The fraction of sp³-hybridized carbons (Fsp3) is 0.625. The number of hydrogen-bond acceptors (Lipinski definition) is 4. The van der Waals surface area contributed by atoms with Gasteiger partial charge >= 0.3 is 0 Å². The summed E-state index contributed by atoms with van der Waals surface area (Å²) in [5.41, 5.74) is 0. The van der Waals surface area contributed by atoms with Crippen LogP contribution in [-0.4, -0.2) is 37.5 Å². The van der Waals surface area contributed by atoms with Crippen LogP contribution in [0.4, 0.5) is 0 Å². The van der Waals surface area contributed by atoms with Crippen LogP contribution in [0.25, 0.3) is 0 Å². The van der Waals surface area contributed by atoms with E-state index in [1.54, 1.807) is 0 Å². The largest absolute Gasteiger partial charge is 0.490 e. The van der Waals surface area contributed by atoms with Crippen LogP contribution in [0.5, 0.6) is 11.5 Å². The van der Waals surface area contributed by atoms with Crippen molar-refractivity contribution in [1.29, 1.82) is 0 Å². The Hall–Kier alpha value is -1.26. The van der Waals surface area contributed by atoms with Gasteiger partial charge < -0.3 is 19.9 Å². The molecule has 2 unspecified atom stereocenters. The molecule has 0 bridgehead atoms. The molecule has 2 atom stereocenters. The van der Waals surface area contributed by atoms with Gasteiger partial charge in [-0.15, -0.1) is 0 Å². The Morgan fingerprint density at radius 1 is 1.20 bits per heavy atom. The number of benzene rings is 1. The summed E-state index contributed by atoms with van der Waals surface area (Å²) < 4.78 is 11.3. The lowest BCUT2D eigenvalue weighted by Gasteiger charge is -2.19. The number of rotatable bonds is 8. The van der Waals surface area contributed by atoms with E-state index < -0.39 is 0 Å². The van der Waals surface area contributed by atoms with E-state index in [4.69, 9.17) is 9.47 Å². The van der Waals surface area contributed by atoms with Crippen LogP contribution in [0, 0.1) is 5.92 Å². The SMILES string of the molecule is CCOc1ccccc1OCCNC1CCCC1CO. The molecule has 1 aromatic rings. The van der Waals surface area contributed by atoms with Crippen molar-refractivity contribution < 1.29 is 14.6 Å². The molecule has 1 aliphatic rings. The van der Waals surface area contributed by atoms with E-state index in [2.05, 4.69) is 5.32 Å². The number of ether oxygens (including phenoxy) is 2. The van der Waals surface area contributed by atoms with Crippen LogP contribution in [-0.2, 0) is 0 Å². The fourth-order valence-electron chi connectivity index (χ4n) is 2.77. The Morgan fingerprint density at radius 2 is 1.95 bits per heavy atom. The van der Waals surface area contributed by atoms with Gasteiger partial charge in [-0.05, 0) is 37.8 Å². The molecule has 2 rings (SSSR count). The van der Waals surface area contributed by atoms with Crippen molar-refractivity contribution in [3.05, 3.63) is 24.3 Å².